The Kier molecular flexibility index (Phi) is 5.36. The lowest BCUT2D eigenvalue weighted by Gasteiger charge is -2.10. The molecule has 0 saturated carbocycles. The van der Waals surface area contributed by atoms with Crippen LogP contribution in [0.2, 0.25) is 0 Å². The lowest BCUT2D eigenvalue weighted by molar-refractivity contribution is 0.333. The topological polar surface area (TPSA) is 57.2 Å². The van der Waals surface area contributed by atoms with Crippen LogP contribution in [0.15, 0.2) is 30.3 Å². The summed E-state index contributed by atoms with van der Waals surface area (Å²) >= 11 is 0. The second-order valence-electron chi connectivity index (χ2n) is 4.72. The first-order chi connectivity index (χ1) is 11.1. The van der Waals surface area contributed by atoms with Crippen LogP contribution in [0.3, 0.4) is 0 Å². The Hall–Kier alpha value is -2.82. The molecule has 0 amide bonds. The normalized spacial score (nSPS) is 10.6. The van der Waals surface area contributed by atoms with E-state index in [0.29, 0.717) is 23.0 Å². The zero-order chi connectivity index (χ0) is 16.8. The summed E-state index contributed by atoms with van der Waals surface area (Å²) < 4.78 is 20.8. The van der Waals surface area contributed by atoms with E-state index >= 15 is 0 Å². The Bertz CT molecular complexity index is 707. The molecule has 0 atom stereocenters. The molecule has 0 aliphatic rings. The number of aromatic hydroxyl groups is 1. The molecule has 0 unspecified atom stereocenters. The van der Waals surface area contributed by atoms with Crippen molar-refractivity contribution in [1.82, 2.24) is 0 Å². The van der Waals surface area contributed by atoms with Crippen molar-refractivity contribution in [2.45, 2.75) is 0 Å². The van der Waals surface area contributed by atoms with Crippen LogP contribution in [0.25, 0.3) is 12.2 Å². The highest BCUT2D eigenvalue weighted by molar-refractivity contribution is 5.73. The first-order valence-electron chi connectivity index (χ1n) is 6.98. The summed E-state index contributed by atoms with van der Waals surface area (Å²) in [6.07, 6.45) is 3.77. The summed E-state index contributed by atoms with van der Waals surface area (Å²) in [6, 6.07) is 9.02. The van der Waals surface area contributed by atoms with Crippen LogP contribution in [0.5, 0.6) is 28.7 Å². The Morgan fingerprint density at radius 3 is 1.91 bits per heavy atom. The molecule has 0 aliphatic carbocycles. The van der Waals surface area contributed by atoms with E-state index in [-0.39, 0.29) is 5.75 Å². The van der Waals surface area contributed by atoms with Crippen molar-refractivity contribution >= 4 is 12.2 Å². The molecule has 1 N–H and O–H groups in total. The van der Waals surface area contributed by atoms with Crippen LogP contribution in [0.1, 0.15) is 11.1 Å². The quantitative estimate of drug-likeness (QED) is 0.825. The van der Waals surface area contributed by atoms with Gasteiger partial charge < -0.3 is 24.1 Å². The summed E-state index contributed by atoms with van der Waals surface area (Å²) in [6.45, 7) is 0. The van der Waals surface area contributed by atoms with Gasteiger partial charge in [0.2, 0.25) is 5.75 Å². The van der Waals surface area contributed by atoms with Gasteiger partial charge in [-0.05, 0) is 35.4 Å². The molecule has 0 fully saturated rings. The summed E-state index contributed by atoms with van der Waals surface area (Å²) in [5.41, 5.74) is 1.73. The van der Waals surface area contributed by atoms with E-state index in [1.54, 1.807) is 26.4 Å². The van der Waals surface area contributed by atoms with Crippen molar-refractivity contribution in [3.8, 4) is 28.7 Å². The third-order valence-electron chi connectivity index (χ3n) is 3.36. The van der Waals surface area contributed by atoms with E-state index in [0.717, 1.165) is 11.1 Å². The molecule has 23 heavy (non-hydrogen) atoms. The molecular weight excluding hydrogens is 296 g/mol. The average Bonchev–Trinajstić information content (AvgIpc) is 2.58. The fraction of sp³-hybridized carbons (Fsp3) is 0.222. The van der Waals surface area contributed by atoms with E-state index in [1.807, 2.05) is 30.4 Å². The van der Waals surface area contributed by atoms with E-state index in [9.17, 15) is 5.11 Å². The van der Waals surface area contributed by atoms with Crippen LogP contribution in [0.4, 0.5) is 0 Å². The number of phenols is 1. The SMILES string of the molecule is COc1ccc(/C=C/c2cc(O)c(OC)c(OC)c2)cc1OC. The molecule has 2 aromatic carbocycles. The molecule has 0 aliphatic heterocycles. The number of hydrogen-bond acceptors (Lipinski definition) is 5. The number of benzene rings is 2. The summed E-state index contributed by atoms with van der Waals surface area (Å²) in [7, 11) is 6.20. The fourth-order valence-corrected chi connectivity index (χ4v) is 2.21. The number of methoxy groups -OCH3 is 4. The maximum absolute atomic E-state index is 9.98. The van der Waals surface area contributed by atoms with Gasteiger partial charge in [-0.3, -0.25) is 0 Å². The summed E-state index contributed by atoms with van der Waals surface area (Å²) in [4.78, 5) is 0. The third kappa shape index (κ3) is 3.69. The van der Waals surface area contributed by atoms with Crippen LogP contribution >= 0.6 is 0 Å². The number of rotatable bonds is 6. The van der Waals surface area contributed by atoms with Crippen LogP contribution in [-0.4, -0.2) is 33.5 Å². The maximum Gasteiger partial charge on any atom is 0.203 e. The van der Waals surface area contributed by atoms with Crippen LogP contribution < -0.4 is 18.9 Å². The Morgan fingerprint density at radius 1 is 0.696 bits per heavy atom. The lowest BCUT2D eigenvalue weighted by Crippen LogP contribution is -1.91. The Morgan fingerprint density at radius 2 is 1.30 bits per heavy atom. The molecule has 0 heterocycles. The molecule has 2 aromatic rings. The van der Waals surface area contributed by atoms with E-state index in [4.69, 9.17) is 18.9 Å². The van der Waals surface area contributed by atoms with Crippen molar-refractivity contribution in [2.75, 3.05) is 28.4 Å². The van der Waals surface area contributed by atoms with Gasteiger partial charge in [-0.1, -0.05) is 18.2 Å². The largest absolute Gasteiger partial charge is 0.504 e. The lowest BCUT2D eigenvalue weighted by atomic mass is 10.1. The standard InChI is InChI=1S/C18H20O5/c1-20-15-8-7-12(10-16(15)21-2)5-6-13-9-14(19)18(23-4)17(11-13)22-3/h5-11,19H,1-4H3/b6-5+. The zero-order valence-corrected chi connectivity index (χ0v) is 13.6. The van der Waals surface area contributed by atoms with Crippen molar-refractivity contribution in [3.63, 3.8) is 0 Å². The second-order valence-corrected chi connectivity index (χ2v) is 4.72. The van der Waals surface area contributed by atoms with Gasteiger partial charge in [0.15, 0.2) is 23.0 Å². The van der Waals surface area contributed by atoms with Gasteiger partial charge in [0.1, 0.15) is 0 Å². The first-order valence-corrected chi connectivity index (χ1v) is 6.98. The minimum absolute atomic E-state index is 0.0267. The van der Waals surface area contributed by atoms with Gasteiger partial charge in [-0.15, -0.1) is 0 Å². The zero-order valence-electron chi connectivity index (χ0n) is 13.6. The highest BCUT2D eigenvalue weighted by atomic mass is 16.5. The Labute approximate surface area is 135 Å². The van der Waals surface area contributed by atoms with Gasteiger partial charge in [0, 0.05) is 0 Å². The number of ether oxygens (including phenoxy) is 4. The number of phenolic OH excluding ortho intramolecular Hbond substituents is 1. The van der Waals surface area contributed by atoms with E-state index < -0.39 is 0 Å². The Balaban J connectivity index is 2.31. The van der Waals surface area contributed by atoms with Gasteiger partial charge in [-0.25, -0.2) is 0 Å². The van der Waals surface area contributed by atoms with Crippen molar-refractivity contribution in [2.24, 2.45) is 0 Å². The van der Waals surface area contributed by atoms with Crippen molar-refractivity contribution in [1.29, 1.82) is 0 Å². The minimum atomic E-state index is 0.0267. The molecule has 0 radical (unpaired) electrons. The molecule has 2 rings (SSSR count). The average molecular weight is 316 g/mol. The molecule has 0 aromatic heterocycles. The van der Waals surface area contributed by atoms with Crippen molar-refractivity contribution < 1.29 is 24.1 Å². The minimum Gasteiger partial charge on any atom is -0.504 e. The van der Waals surface area contributed by atoms with Gasteiger partial charge in [0.25, 0.3) is 0 Å². The van der Waals surface area contributed by atoms with E-state index in [1.165, 1.54) is 14.2 Å². The van der Waals surface area contributed by atoms with Crippen molar-refractivity contribution in [3.05, 3.63) is 41.5 Å². The van der Waals surface area contributed by atoms with Gasteiger partial charge in [-0.2, -0.15) is 0 Å². The first kappa shape index (κ1) is 16.5. The van der Waals surface area contributed by atoms with Crippen LogP contribution in [-0.2, 0) is 0 Å². The van der Waals surface area contributed by atoms with E-state index in [2.05, 4.69) is 0 Å². The molecule has 0 spiro atoms. The predicted octanol–water partition coefficient (Wildman–Crippen LogP) is 3.60. The summed E-state index contributed by atoms with van der Waals surface area (Å²) in [5, 5.41) is 9.98. The third-order valence-corrected chi connectivity index (χ3v) is 3.36. The molecule has 0 bridgehead atoms. The molecule has 5 heteroatoms. The predicted molar refractivity (Wildman–Crippen MR) is 89.7 cm³/mol. The molecule has 122 valence electrons. The maximum atomic E-state index is 9.98. The second kappa shape index (κ2) is 7.45. The smallest absolute Gasteiger partial charge is 0.203 e. The molecular formula is C18H20O5. The fourth-order valence-electron chi connectivity index (χ4n) is 2.21. The molecule has 5 nitrogen and oxygen atoms in total. The van der Waals surface area contributed by atoms with Gasteiger partial charge >= 0.3 is 0 Å². The van der Waals surface area contributed by atoms with Crippen LogP contribution in [0, 0.1) is 0 Å². The van der Waals surface area contributed by atoms with Gasteiger partial charge in [0.05, 0.1) is 28.4 Å². The monoisotopic (exact) mass is 316 g/mol. The molecule has 0 saturated heterocycles. The highest BCUT2D eigenvalue weighted by Gasteiger charge is 2.10. The number of hydrogen-bond donors (Lipinski definition) is 1. The summed E-state index contributed by atoms with van der Waals surface area (Å²) in [5.74, 6) is 2.15. The highest BCUT2D eigenvalue weighted by Crippen LogP contribution is 2.38.